The van der Waals surface area contributed by atoms with Crippen LogP contribution in [-0.4, -0.2) is 18.0 Å². The van der Waals surface area contributed by atoms with E-state index in [4.69, 9.17) is 0 Å². The first-order valence-electron chi connectivity index (χ1n) is 3.25. The Hall–Kier alpha value is -0.0400. The summed E-state index contributed by atoms with van der Waals surface area (Å²) in [6, 6.07) is 0.704. The van der Waals surface area contributed by atoms with Crippen molar-refractivity contribution in [3.63, 3.8) is 0 Å². The molecule has 1 unspecified atom stereocenters. The highest BCUT2D eigenvalue weighted by Gasteiger charge is 2.26. The van der Waals surface area contributed by atoms with Crippen molar-refractivity contribution >= 4 is 0 Å². The van der Waals surface area contributed by atoms with Crippen LogP contribution in [0.25, 0.3) is 0 Å². The molecule has 1 saturated carbocycles. The maximum Gasteiger partial charge on any atom is -0.0187 e. The summed E-state index contributed by atoms with van der Waals surface area (Å²) in [5, 5.41) is 0. The molecular formula is C7H14N-. The van der Waals surface area contributed by atoms with Crippen LogP contribution < -0.4 is 0 Å². The molecule has 1 aliphatic carbocycles. The lowest BCUT2D eigenvalue weighted by molar-refractivity contribution is 0.314. The summed E-state index contributed by atoms with van der Waals surface area (Å²) in [7, 11) is 5.88. The van der Waals surface area contributed by atoms with Crippen molar-refractivity contribution in [2.24, 2.45) is 5.92 Å². The molecule has 1 atom stereocenters. The van der Waals surface area contributed by atoms with Crippen LogP contribution in [-0.2, 0) is 0 Å². The van der Waals surface area contributed by atoms with Gasteiger partial charge in [-0.2, -0.15) is 0 Å². The Labute approximate surface area is 51.7 Å². The molecular weight excluding hydrogens is 98.1 g/mol. The van der Waals surface area contributed by atoms with Gasteiger partial charge in [-0.3, -0.25) is 7.05 Å². The van der Waals surface area contributed by atoms with Crippen molar-refractivity contribution in [1.29, 1.82) is 0 Å². The van der Waals surface area contributed by atoms with Crippen LogP contribution in [0.1, 0.15) is 19.8 Å². The van der Waals surface area contributed by atoms with Gasteiger partial charge in [0.25, 0.3) is 0 Å². The molecule has 1 fully saturated rings. The van der Waals surface area contributed by atoms with E-state index in [1.165, 1.54) is 12.8 Å². The largest absolute Gasteiger partial charge is 0.459 e. The number of hydrogen-bond donors (Lipinski definition) is 0. The van der Waals surface area contributed by atoms with Gasteiger partial charge < -0.3 is 4.90 Å². The van der Waals surface area contributed by atoms with Gasteiger partial charge in [-0.05, 0) is 31.8 Å². The SMILES string of the molecule is [CH2-]N(C)C(C)C1CC1. The molecule has 0 heterocycles. The molecule has 1 nitrogen and oxygen atoms in total. The van der Waals surface area contributed by atoms with Crippen molar-refractivity contribution in [2.75, 3.05) is 7.05 Å². The fourth-order valence-corrected chi connectivity index (χ4v) is 0.939. The minimum atomic E-state index is 0.704. The van der Waals surface area contributed by atoms with Crippen LogP contribution in [0, 0.1) is 13.0 Å². The van der Waals surface area contributed by atoms with E-state index in [1.807, 2.05) is 7.05 Å². The standard InChI is InChI=1S/C7H14N/c1-6(8(2)3)7-4-5-7/h6-7H,2,4-5H2,1,3H3/q-1. The van der Waals surface area contributed by atoms with Crippen LogP contribution in [0.5, 0.6) is 0 Å². The summed E-state index contributed by atoms with van der Waals surface area (Å²) in [6.07, 6.45) is 2.84. The van der Waals surface area contributed by atoms with Crippen LogP contribution >= 0.6 is 0 Å². The topological polar surface area (TPSA) is 3.24 Å². The molecule has 1 aliphatic rings. The Morgan fingerprint density at radius 3 is 2.25 bits per heavy atom. The third kappa shape index (κ3) is 1.22. The zero-order valence-electron chi connectivity index (χ0n) is 5.72. The molecule has 0 amide bonds. The fourth-order valence-electron chi connectivity index (χ4n) is 0.939. The molecule has 0 aromatic carbocycles. The minimum absolute atomic E-state index is 0.704. The van der Waals surface area contributed by atoms with Gasteiger partial charge in [0.1, 0.15) is 0 Å². The first kappa shape index (κ1) is 6.09. The van der Waals surface area contributed by atoms with Crippen molar-refractivity contribution in [2.45, 2.75) is 25.8 Å². The number of hydrogen-bond acceptors (Lipinski definition) is 1. The molecule has 8 heavy (non-hydrogen) atoms. The number of rotatable bonds is 2. The predicted molar refractivity (Wildman–Crippen MR) is 35.3 cm³/mol. The van der Waals surface area contributed by atoms with E-state index in [0.717, 1.165) is 5.92 Å². The molecule has 0 bridgehead atoms. The predicted octanol–water partition coefficient (Wildman–Crippen LogP) is 1.51. The molecule has 0 aromatic rings. The Balaban J connectivity index is 2.22. The van der Waals surface area contributed by atoms with Gasteiger partial charge in [0.15, 0.2) is 0 Å². The van der Waals surface area contributed by atoms with E-state index in [2.05, 4.69) is 18.9 Å². The van der Waals surface area contributed by atoms with Gasteiger partial charge in [0.05, 0.1) is 0 Å². The van der Waals surface area contributed by atoms with E-state index in [1.54, 1.807) is 0 Å². The second kappa shape index (κ2) is 2.06. The average molecular weight is 112 g/mol. The first-order chi connectivity index (χ1) is 3.72. The highest BCUT2D eigenvalue weighted by Crippen LogP contribution is 2.34. The second-order valence-electron chi connectivity index (χ2n) is 2.84. The smallest absolute Gasteiger partial charge is 0.0187 e. The van der Waals surface area contributed by atoms with Crippen molar-refractivity contribution < 1.29 is 0 Å². The Morgan fingerprint density at radius 2 is 2.12 bits per heavy atom. The third-order valence-electron chi connectivity index (χ3n) is 2.00. The summed E-state index contributed by atoms with van der Waals surface area (Å²) in [5.74, 6) is 0.956. The quantitative estimate of drug-likeness (QED) is 0.489. The lowest BCUT2D eigenvalue weighted by atomic mass is 10.2. The third-order valence-corrected chi connectivity index (χ3v) is 2.00. The van der Waals surface area contributed by atoms with Crippen LogP contribution in [0.15, 0.2) is 0 Å². The number of nitrogens with zero attached hydrogens (tertiary/aromatic N) is 1. The zero-order valence-corrected chi connectivity index (χ0v) is 5.72. The Kier molecular flexibility index (Phi) is 1.57. The average Bonchev–Trinajstić information content (AvgIpc) is 2.43. The van der Waals surface area contributed by atoms with Gasteiger partial charge in [0.2, 0.25) is 0 Å². The van der Waals surface area contributed by atoms with Gasteiger partial charge >= 0.3 is 0 Å². The minimum Gasteiger partial charge on any atom is -0.459 e. The molecule has 0 aromatic heterocycles. The van der Waals surface area contributed by atoms with Gasteiger partial charge in [-0.25, -0.2) is 0 Å². The normalized spacial score (nSPS) is 24.0. The molecule has 0 radical (unpaired) electrons. The molecule has 0 aliphatic heterocycles. The molecule has 0 N–H and O–H groups in total. The van der Waals surface area contributed by atoms with E-state index >= 15 is 0 Å². The van der Waals surface area contributed by atoms with Crippen LogP contribution in [0.2, 0.25) is 0 Å². The second-order valence-corrected chi connectivity index (χ2v) is 2.84. The van der Waals surface area contributed by atoms with E-state index in [9.17, 15) is 0 Å². The summed E-state index contributed by atoms with van der Waals surface area (Å²) >= 11 is 0. The van der Waals surface area contributed by atoms with E-state index < -0.39 is 0 Å². The molecule has 0 saturated heterocycles. The molecule has 48 valence electrons. The van der Waals surface area contributed by atoms with Crippen LogP contribution in [0.3, 0.4) is 0 Å². The molecule has 1 heteroatoms. The molecule has 0 spiro atoms. The monoisotopic (exact) mass is 112 g/mol. The first-order valence-corrected chi connectivity index (χ1v) is 3.25. The summed E-state index contributed by atoms with van der Waals surface area (Å²) in [6.45, 7) is 2.24. The lowest BCUT2D eigenvalue weighted by Gasteiger charge is -2.26. The molecule has 1 rings (SSSR count). The summed E-state index contributed by atoms with van der Waals surface area (Å²) < 4.78 is 0. The maximum atomic E-state index is 3.83. The highest BCUT2D eigenvalue weighted by atomic mass is 15.1. The summed E-state index contributed by atoms with van der Waals surface area (Å²) in [4.78, 5) is 2.05. The lowest BCUT2D eigenvalue weighted by Crippen LogP contribution is -2.24. The van der Waals surface area contributed by atoms with Crippen molar-refractivity contribution in [3.05, 3.63) is 7.05 Å². The highest BCUT2D eigenvalue weighted by molar-refractivity contribution is 4.83. The summed E-state index contributed by atoms with van der Waals surface area (Å²) in [5.41, 5.74) is 0. The van der Waals surface area contributed by atoms with Gasteiger partial charge in [0, 0.05) is 0 Å². The van der Waals surface area contributed by atoms with E-state index in [-0.39, 0.29) is 0 Å². The Bertz CT molecular complexity index is 72.5. The van der Waals surface area contributed by atoms with Crippen molar-refractivity contribution in [3.8, 4) is 0 Å². The maximum absolute atomic E-state index is 3.83. The fraction of sp³-hybridized carbons (Fsp3) is 0.857. The van der Waals surface area contributed by atoms with Crippen molar-refractivity contribution in [1.82, 2.24) is 4.90 Å². The zero-order chi connectivity index (χ0) is 6.15. The van der Waals surface area contributed by atoms with E-state index in [0.29, 0.717) is 6.04 Å². The van der Waals surface area contributed by atoms with Crippen LogP contribution in [0.4, 0.5) is 0 Å². The Morgan fingerprint density at radius 1 is 1.62 bits per heavy atom. The van der Waals surface area contributed by atoms with Gasteiger partial charge in [-0.15, -0.1) is 0 Å². The van der Waals surface area contributed by atoms with Gasteiger partial charge in [-0.1, -0.05) is 6.92 Å².